The van der Waals surface area contributed by atoms with Crippen LogP contribution in [0.25, 0.3) is 0 Å². The molecule has 0 bridgehead atoms. The van der Waals surface area contributed by atoms with Gasteiger partial charge in [-0.3, -0.25) is 14.9 Å². The maximum atomic E-state index is 12.2. The van der Waals surface area contributed by atoms with E-state index in [-0.39, 0.29) is 17.6 Å². The lowest BCUT2D eigenvalue weighted by atomic mass is 10.1. The largest absolute Gasteiger partial charge is 0.325 e. The first-order valence-electron chi connectivity index (χ1n) is 7.89. The van der Waals surface area contributed by atoms with Gasteiger partial charge in [0, 0.05) is 16.3 Å². The van der Waals surface area contributed by atoms with Crippen molar-refractivity contribution in [1.29, 1.82) is 0 Å². The van der Waals surface area contributed by atoms with Crippen molar-refractivity contribution in [1.82, 2.24) is 10.2 Å². The number of carbonyl (C=O) groups excluding carboxylic acids is 2. The minimum Gasteiger partial charge on any atom is -0.325 e. The molecule has 9 heteroatoms. The van der Waals surface area contributed by atoms with Crippen LogP contribution in [-0.4, -0.2) is 27.8 Å². The minimum atomic E-state index is -0.249. The van der Waals surface area contributed by atoms with E-state index in [1.807, 2.05) is 19.1 Å². The van der Waals surface area contributed by atoms with Gasteiger partial charge in [-0.2, -0.15) is 0 Å². The van der Waals surface area contributed by atoms with E-state index in [9.17, 15) is 9.59 Å². The highest BCUT2D eigenvalue weighted by atomic mass is 35.5. The number of carbonyl (C=O) groups is 2. The molecule has 0 fully saturated rings. The quantitative estimate of drug-likeness (QED) is 0.455. The third kappa shape index (κ3) is 5.78. The molecule has 0 aliphatic rings. The molecule has 0 saturated heterocycles. The maximum absolute atomic E-state index is 12.2. The third-order valence-corrected chi connectivity index (χ3v) is 5.58. The molecule has 2 N–H and O–H groups in total. The average molecular weight is 419 g/mol. The van der Waals surface area contributed by atoms with E-state index < -0.39 is 0 Å². The molecular weight excluding hydrogens is 404 g/mol. The van der Waals surface area contributed by atoms with Crippen LogP contribution in [0.1, 0.15) is 15.9 Å². The van der Waals surface area contributed by atoms with Gasteiger partial charge in [-0.25, -0.2) is 0 Å². The van der Waals surface area contributed by atoms with Crippen molar-refractivity contribution in [2.75, 3.05) is 16.4 Å². The highest BCUT2D eigenvalue weighted by molar-refractivity contribution is 8.01. The predicted molar refractivity (Wildman–Crippen MR) is 110 cm³/mol. The number of benzene rings is 2. The van der Waals surface area contributed by atoms with Crippen LogP contribution in [0.4, 0.5) is 10.8 Å². The smallest absolute Gasteiger partial charge is 0.257 e. The van der Waals surface area contributed by atoms with Gasteiger partial charge in [-0.1, -0.05) is 58.5 Å². The fourth-order valence-electron chi connectivity index (χ4n) is 2.08. The summed E-state index contributed by atoms with van der Waals surface area (Å²) in [6, 6.07) is 14.2. The van der Waals surface area contributed by atoms with Gasteiger partial charge in [-0.15, -0.1) is 10.2 Å². The van der Waals surface area contributed by atoms with E-state index in [1.165, 1.54) is 23.1 Å². The van der Waals surface area contributed by atoms with Crippen molar-refractivity contribution in [2.45, 2.75) is 11.3 Å². The second kappa shape index (κ2) is 8.98. The number of rotatable bonds is 6. The molecule has 0 aliphatic heterocycles. The molecule has 0 aliphatic carbocycles. The molecule has 0 unspecified atom stereocenters. The van der Waals surface area contributed by atoms with Gasteiger partial charge in [0.25, 0.3) is 5.91 Å². The third-order valence-electron chi connectivity index (χ3n) is 3.38. The van der Waals surface area contributed by atoms with Gasteiger partial charge < -0.3 is 5.32 Å². The van der Waals surface area contributed by atoms with Crippen LogP contribution in [0.5, 0.6) is 0 Å². The zero-order chi connectivity index (χ0) is 19.2. The summed E-state index contributed by atoms with van der Waals surface area (Å²) in [6.07, 6.45) is 0. The molecular formula is C18H15ClN4O2S2. The van der Waals surface area contributed by atoms with Gasteiger partial charge >= 0.3 is 0 Å². The Bertz CT molecular complexity index is 960. The molecule has 3 aromatic rings. The van der Waals surface area contributed by atoms with Gasteiger partial charge in [0.1, 0.15) is 0 Å². The number of hydrogen-bond donors (Lipinski definition) is 2. The van der Waals surface area contributed by atoms with Crippen molar-refractivity contribution in [2.24, 2.45) is 0 Å². The number of hydrogen-bond acceptors (Lipinski definition) is 6. The first-order chi connectivity index (χ1) is 13.0. The monoisotopic (exact) mass is 418 g/mol. The topological polar surface area (TPSA) is 84.0 Å². The molecule has 2 amide bonds. The Kier molecular flexibility index (Phi) is 6.44. The summed E-state index contributed by atoms with van der Waals surface area (Å²) in [5.41, 5.74) is 2.26. The molecule has 1 aromatic heterocycles. The SMILES string of the molecule is Cc1ccc(C(=O)Nc2nnc(SCC(=O)Nc3cccc(Cl)c3)s2)cc1. The Morgan fingerprint density at radius 2 is 1.89 bits per heavy atom. The van der Waals surface area contributed by atoms with Gasteiger partial charge in [-0.05, 0) is 37.3 Å². The summed E-state index contributed by atoms with van der Waals surface area (Å²) in [5.74, 6) is -0.253. The number of halogens is 1. The Morgan fingerprint density at radius 3 is 2.63 bits per heavy atom. The molecule has 0 radical (unpaired) electrons. The lowest BCUT2D eigenvalue weighted by Gasteiger charge is -2.04. The summed E-state index contributed by atoms with van der Waals surface area (Å²) in [7, 11) is 0. The summed E-state index contributed by atoms with van der Waals surface area (Å²) in [6.45, 7) is 1.96. The number of aryl methyl sites for hydroxylation is 1. The van der Waals surface area contributed by atoms with Crippen molar-refractivity contribution in [3.8, 4) is 0 Å². The number of nitrogens with one attached hydrogen (secondary N) is 2. The zero-order valence-corrected chi connectivity index (χ0v) is 16.6. The first-order valence-corrected chi connectivity index (χ1v) is 10.1. The van der Waals surface area contributed by atoms with Gasteiger partial charge in [0.2, 0.25) is 11.0 Å². The molecule has 3 rings (SSSR count). The molecule has 2 aromatic carbocycles. The number of anilines is 2. The van der Waals surface area contributed by atoms with E-state index in [0.29, 0.717) is 25.7 Å². The summed E-state index contributed by atoms with van der Waals surface area (Å²) in [5, 5.41) is 14.3. The van der Waals surface area contributed by atoms with Crippen LogP contribution >= 0.6 is 34.7 Å². The van der Waals surface area contributed by atoms with Crippen LogP contribution in [-0.2, 0) is 4.79 Å². The van der Waals surface area contributed by atoms with Crippen LogP contribution in [0, 0.1) is 6.92 Å². The van der Waals surface area contributed by atoms with Crippen LogP contribution in [0.15, 0.2) is 52.9 Å². The van der Waals surface area contributed by atoms with Crippen molar-refractivity contribution >= 4 is 57.3 Å². The molecule has 0 atom stereocenters. The fourth-order valence-corrected chi connectivity index (χ4v) is 3.82. The average Bonchev–Trinajstić information content (AvgIpc) is 3.08. The van der Waals surface area contributed by atoms with Crippen molar-refractivity contribution in [3.05, 3.63) is 64.7 Å². The Labute approximate surface area is 169 Å². The van der Waals surface area contributed by atoms with E-state index in [1.54, 1.807) is 36.4 Å². The van der Waals surface area contributed by atoms with Crippen LogP contribution in [0.2, 0.25) is 5.02 Å². The normalized spacial score (nSPS) is 10.4. The summed E-state index contributed by atoms with van der Waals surface area (Å²) in [4.78, 5) is 24.2. The molecule has 27 heavy (non-hydrogen) atoms. The van der Waals surface area contributed by atoms with E-state index in [2.05, 4.69) is 20.8 Å². The highest BCUT2D eigenvalue weighted by Crippen LogP contribution is 2.26. The maximum Gasteiger partial charge on any atom is 0.257 e. The van der Waals surface area contributed by atoms with Crippen molar-refractivity contribution < 1.29 is 9.59 Å². The van der Waals surface area contributed by atoms with E-state index in [0.717, 1.165) is 5.56 Å². The summed E-state index contributed by atoms with van der Waals surface area (Å²) < 4.78 is 0.593. The lowest BCUT2D eigenvalue weighted by Crippen LogP contribution is -2.13. The van der Waals surface area contributed by atoms with Crippen LogP contribution < -0.4 is 10.6 Å². The zero-order valence-electron chi connectivity index (χ0n) is 14.2. The lowest BCUT2D eigenvalue weighted by molar-refractivity contribution is -0.113. The molecule has 1 heterocycles. The molecule has 138 valence electrons. The van der Waals surface area contributed by atoms with E-state index >= 15 is 0 Å². The number of thioether (sulfide) groups is 1. The number of nitrogens with zero attached hydrogens (tertiary/aromatic N) is 2. The van der Waals surface area contributed by atoms with Crippen molar-refractivity contribution in [3.63, 3.8) is 0 Å². The second-order valence-corrected chi connectivity index (χ2v) is 8.18. The van der Waals surface area contributed by atoms with E-state index in [4.69, 9.17) is 11.6 Å². The summed E-state index contributed by atoms with van der Waals surface area (Å²) >= 11 is 8.35. The predicted octanol–water partition coefficient (Wildman–Crippen LogP) is 4.48. The number of aromatic nitrogens is 2. The standard InChI is InChI=1S/C18H15ClN4O2S2/c1-11-5-7-12(8-6-11)16(25)21-17-22-23-18(27-17)26-10-15(24)20-14-4-2-3-13(19)9-14/h2-9H,10H2,1H3,(H,20,24)(H,21,22,25). The number of amides is 2. The molecule has 6 nitrogen and oxygen atoms in total. The van der Waals surface area contributed by atoms with Gasteiger partial charge in [0.15, 0.2) is 4.34 Å². The van der Waals surface area contributed by atoms with Gasteiger partial charge in [0.05, 0.1) is 5.75 Å². The van der Waals surface area contributed by atoms with Crippen LogP contribution in [0.3, 0.4) is 0 Å². The Balaban J connectivity index is 1.51. The Hall–Kier alpha value is -2.42. The Morgan fingerprint density at radius 1 is 1.11 bits per heavy atom. The molecule has 0 saturated carbocycles. The highest BCUT2D eigenvalue weighted by Gasteiger charge is 2.12. The minimum absolute atomic E-state index is 0.174. The fraction of sp³-hybridized carbons (Fsp3) is 0.111. The second-order valence-electron chi connectivity index (χ2n) is 5.54. The molecule has 0 spiro atoms. The first kappa shape index (κ1) is 19.3.